The van der Waals surface area contributed by atoms with Gasteiger partial charge in [-0.1, -0.05) is 38.1 Å². The van der Waals surface area contributed by atoms with Crippen molar-refractivity contribution in [1.82, 2.24) is 4.98 Å². The van der Waals surface area contributed by atoms with Crippen molar-refractivity contribution in [2.45, 2.75) is 39.5 Å². The quantitative estimate of drug-likeness (QED) is 0.805. The molecule has 2 nitrogen and oxygen atoms in total. The summed E-state index contributed by atoms with van der Waals surface area (Å²) in [5, 5.41) is 3.11. The van der Waals surface area contributed by atoms with Crippen LogP contribution in [0.5, 0.6) is 0 Å². The molecule has 0 fully saturated rings. The number of thiazole rings is 1. The van der Waals surface area contributed by atoms with Gasteiger partial charge in [-0.25, -0.2) is 4.98 Å². The van der Waals surface area contributed by atoms with Gasteiger partial charge in [-0.15, -0.1) is 11.3 Å². The lowest BCUT2D eigenvalue weighted by molar-refractivity contribution is -0.116. The Bertz CT molecular complexity index is 554. The Morgan fingerprint density at radius 2 is 1.95 bits per heavy atom. The van der Waals surface area contributed by atoms with Crippen molar-refractivity contribution in [3.8, 4) is 11.3 Å². The van der Waals surface area contributed by atoms with Crippen LogP contribution in [0.15, 0.2) is 29.6 Å². The lowest BCUT2D eigenvalue weighted by atomic mass is 10.0. The summed E-state index contributed by atoms with van der Waals surface area (Å²) in [5.41, 5.74) is 3.50. The van der Waals surface area contributed by atoms with Crippen LogP contribution in [0.1, 0.15) is 43.7 Å². The van der Waals surface area contributed by atoms with Crippen LogP contribution in [0.3, 0.4) is 0 Å². The van der Waals surface area contributed by atoms with Gasteiger partial charge < -0.3 is 4.79 Å². The van der Waals surface area contributed by atoms with Crippen LogP contribution in [-0.2, 0) is 11.2 Å². The zero-order valence-electron chi connectivity index (χ0n) is 11.6. The molecule has 3 heteroatoms. The number of aromatic nitrogens is 1. The summed E-state index contributed by atoms with van der Waals surface area (Å²) < 4.78 is 0. The fourth-order valence-corrected chi connectivity index (χ4v) is 2.69. The largest absolute Gasteiger partial charge is 0.300 e. The molecule has 0 aliphatic carbocycles. The first-order valence-electron chi connectivity index (χ1n) is 6.60. The topological polar surface area (TPSA) is 30.0 Å². The number of nitrogens with zero attached hydrogens (tertiary/aromatic N) is 1. The first-order chi connectivity index (χ1) is 9.06. The smallest absolute Gasteiger partial charge is 0.130 e. The van der Waals surface area contributed by atoms with Gasteiger partial charge in [0, 0.05) is 23.8 Å². The van der Waals surface area contributed by atoms with Gasteiger partial charge in [0.05, 0.1) is 10.7 Å². The number of rotatable bonds is 5. The predicted molar refractivity (Wildman–Crippen MR) is 80.6 cm³/mol. The van der Waals surface area contributed by atoms with Gasteiger partial charge in [0.1, 0.15) is 5.78 Å². The lowest BCUT2D eigenvalue weighted by Crippen LogP contribution is -1.93. The molecule has 0 atom stereocenters. The molecule has 0 saturated heterocycles. The minimum absolute atomic E-state index is 0.220. The first kappa shape index (κ1) is 13.9. The number of hydrogen-bond donors (Lipinski definition) is 0. The number of Topliss-reactive ketones (excluding diaryl/α,β-unsaturated/α-hetero) is 1. The van der Waals surface area contributed by atoms with E-state index in [1.165, 1.54) is 5.56 Å². The molecule has 2 rings (SSSR count). The maximum absolute atomic E-state index is 11.0. The molecular formula is C16H19NOS. The van der Waals surface area contributed by atoms with E-state index in [-0.39, 0.29) is 5.78 Å². The Labute approximate surface area is 118 Å². The van der Waals surface area contributed by atoms with Crippen molar-refractivity contribution in [2.24, 2.45) is 0 Å². The number of hydrogen-bond acceptors (Lipinski definition) is 3. The minimum atomic E-state index is 0.220. The minimum Gasteiger partial charge on any atom is -0.300 e. The van der Waals surface area contributed by atoms with Crippen LogP contribution >= 0.6 is 11.3 Å². The van der Waals surface area contributed by atoms with Crippen molar-refractivity contribution >= 4 is 17.1 Å². The molecular weight excluding hydrogens is 254 g/mol. The Balaban J connectivity index is 2.11. The monoisotopic (exact) mass is 273 g/mol. The number of aryl methyl sites for hydroxylation is 1. The molecule has 0 N–H and O–H groups in total. The second-order valence-corrected chi connectivity index (χ2v) is 6.05. The fraction of sp³-hybridized carbons (Fsp3) is 0.375. The van der Waals surface area contributed by atoms with Crippen LogP contribution < -0.4 is 0 Å². The van der Waals surface area contributed by atoms with E-state index in [0.717, 1.165) is 22.7 Å². The highest BCUT2D eigenvalue weighted by Gasteiger charge is 2.06. The Morgan fingerprint density at radius 3 is 2.53 bits per heavy atom. The molecule has 0 bridgehead atoms. The fourth-order valence-electron chi connectivity index (χ4n) is 1.88. The zero-order valence-corrected chi connectivity index (χ0v) is 12.5. The predicted octanol–water partition coefficient (Wildman–Crippen LogP) is 4.46. The van der Waals surface area contributed by atoms with Gasteiger partial charge in [0.25, 0.3) is 0 Å². The van der Waals surface area contributed by atoms with Gasteiger partial charge in [-0.2, -0.15) is 0 Å². The molecule has 100 valence electrons. The second-order valence-electron chi connectivity index (χ2n) is 5.11. The van der Waals surface area contributed by atoms with Crippen molar-refractivity contribution in [3.05, 3.63) is 40.2 Å². The highest BCUT2D eigenvalue weighted by Crippen LogP contribution is 2.24. The van der Waals surface area contributed by atoms with Crippen molar-refractivity contribution in [1.29, 1.82) is 0 Å². The van der Waals surface area contributed by atoms with E-state index in [9.17, 15) is 4.79 Å². The number of carbonyl (C=O) groups excluding carboxylic acids is 1. The van der Waals surface area contributed by atoms with Crippen molar-refractivity contribution < 1.29 is 4.79 Å². The van der Waals surface area contributed by atoms with E-state index in [2.05, 4.69) is 48.5 Å². The standard InChI is InChI=1S/C16H19NOS/c1-11(2)13-5-7-14(8-6-13)15-10-19-16(17-15)9-4-12(3)18/h5-8,10-11H,4,9H2,1-3H3. The Hall–Kier alpha value is -1.48. The Kier molecular flexibility index (Phi) is 4.48. The molecule has 1 heterocycles. The van der Waals surface area contributed by atoms with Gasteiger partial charge in [0.2, 0.25) is 0 Å². The van der Waals surface area contributed by atoms with Crippen molar-refractivity contribution in [2.75, 3.05) is 0 Å². The summed E-state index contributed by atoms with van der Waals surface area (Å²) >= 11 is 1.63. The van der Waals surface area contributed by atoms with Gasteiger partial charge in [0.15, 0.2) is 0 Å². The van der Waals surface area contributed by atoms with Crippen LogP contribution in [-0.4, -0.2) is 10.8 Å². The molecule has 1 aromatic heterocycles. The molecule has 0 amide bonds. The van der Waals surface area contributed by atoms with E-state index in [0.29, 0.717) is 12.3 Å². The highest BCUT2D eigenvalue weighted by molar-refractivity contribution is 7.09. The molecule has 0 aliphatic heterocycles. The third kappa shape index (κ3) is 3.74. The average molecular weight is 273 g/mol. The summed E-state index contributed by atoms with van der Waals surface area (Å²) in [5.74, 6) is 0.772. The molecule has 0 aliphatic rings. The molecule has 2 aromatic rings. The SMILES string of the molecule is CC(=O)CCc1nc(-c2ccc(C(C)C)cc2)cs1. The van der Waals surface area contributed by atoms with Crippen LogP contribution in [0, 0.1) is 0 Å². The summed E-state index contributed by atoms with van der Waals surface area (Å²) in [6, 6.07) is 8.57. The second kappa shape index (κ2) is 6.11. The summed E-state index contributed by atoms with van der Waals surface area (Å²) in [4.78, 5) is 15.6. The van der Waals surface area contributed by atoms with Gasteiger partial charge in [-0.3, -0.25) is 0 Å². The average Bonchev–Trinajstić information content (AvgIpc) is 2.85. The zero-order chi connectivity index (χ0) is 13.8. The van der Waals surface area contributed by atoms with E-state index < -0.39 is 0 Å². The van der Waals surface area contributed by atoms with E-state index in [1.807, 2.05) is 0 Å². The third-order valence-electron chi connectivity index (χ3n) is 3.12. The van der Waals surface area contributed by atoms with Crippen LogP contribution in [0.2, 0.25) is 0 Å². The molecule has 0 saturated carbocycles. The molecule has 1 aromatic carbocycles. The summed E-state index contributed by atoms with van der Waals surface area (Å²) in [6.07, 6.45) is 1.34. The molecule has 0 unspecified atom stereocenters. The van der Waals surface area contributed by atoms with Crippen LogP contribution in [0.25, 0.3) is 11.3 Å². The summed E-state index contributed by atoms with van der Waals surface area (Å²) in [6.45, 7) is 6.01. The van der Waals surface area contributed by atoms with E-state index >= 15 is 0 Å². The highest BCUT2D eigenvalue weighted by atomic mass is 32.1. The first-order valence-corrected chi connectivity index (χ1v) is 7.48. The number of benzene rings is 1. The molecule has 19 heavy (non-hydrogen) atoms. The van der Waals surface area contributed by atoms with Crippen LogP contribution in [0.4, 0.5) is 0 Å². The van der Waals surface area contributed by atoms with Gasteiger partial charge in [-0.05, 0) is 18.4 Å². The summed E-state index contributed by atoms with van der Waals surface area (Å²) in [7, 11) is 0. The molecule has 0 radical (unpaired) electrons. The normalized spacial score (nSPS) is 10.9. The maximum Gasteiger partial charge on any atom is 0.130 e. The van der Waals surface area contributed by atoms with Gasteiger partial charge >= 0.3 is 0 Å². The number of carbonyl (C=O) groups is 1. The third-order valence-corrected chi connectivity index (χ3v) is 4.02. The molecule has 0 spiro atoms. The lowest BCUT2D eigenvalue weighted by Gasteiger charge is -2.05. The van der Waals surface area contributed by atoms with E-state index in [4.69, 9.17) is 0 Å². The maximum atomic E-state index is 11.0. The Morgan fingerprint density at radius 1 is 1.26 bits per heavy atom. The van der Waals surface area contributed by atoms with E-state index in [1.54, 1.807) is 18.3 Å². The number of ketones is 1. The van der Waals surface area contributed by atoms with Crippen molar-refractivity contribution in [3.63, 3.8) is 0 Å².